The molecular weight excluding hydrogens is 368 g/mol. The Morgan fingerprint density at radius 2 is 1.82 bits per heavy atom. The molecule has 0 radical (unpaired) electrons. The lowest BCUT2D eigenvalue weighted by atomic mass is 9.80. The molecule has 2 aliphatic heterocycles. The second-order valence-electron chi connectivity index (χ2n) is 7.13. The molecule has 2 aromatic rings. The van der Waals surface area contributed by atoms with Crippen LogP contribution in [0.15, 0.2) is 89.4 Å². The van der Waals surface area contributed by atoms with E-state index in [0.29, 0.717) is 0 Å². The molecule has 138 valence electrons. The Morgan fingerprint density at radius 3 is 2.64 bits per heavy atom. The molecule has 0 amide bonds. The molecule has 1 fully saturated rings. The summed E-state index contributed by atoms with van der Waals surface area (Å²) in [6.07, 6.45) is 9.95. The van der Waals surface area contributed by atoms with Crippen LogP contribution >= 0.6 is 11.6 Å². The van der Waals surface area contributed by atoms with Crippen LogP contribution in [-0.4, -0.2) is 23.3 Å². The van der Waals surface area contributed by atoms with Crippen LogP contribution in [-0.2, 0) is 4.74 Å². The number of rotatable bonds is 3. The third kappa shape index (κ3) is 2.88. The third-order valence-corrected chi connectivity index (χ3v) is 5.74. The van der Waals surface area contributed by atoms with Gasteiger partial charge in [-0.15, -0.1) is 0 Å². The van der Waals surface area contributed by atoms with E-state index in [1.807, 2.05) is 30.4 Å². The summed E-state index contributed by atoms with van der Waals surface area (Å²) in [6.45, 7) is 4.02. The average molecular weight is 387 g/mol. The van der Waals surface area contributed by atoms with Gasteiger partial charge >= 0.3 is 0 Å². The number of allylic oxidation sites excluding steroid dienone is 2. The maximum absolute atomic E-state index is 6.25. The molecule has 1 aliphatic carbocycles. The van der Waals surface area contributed by atoms with Crippen LogP contribution in [0.2, 0.25) is 0 Å². The normalized spacial score (nSPS) is 27.6. The van der Waals surface area contributed by atoms with E-state index in [4.69, 9.17) is 16.3 Å². The van der Waals surface area contributed by atoms with Crippen LogP contribution in [0.5, 0.6) is 0 Å². The van der Waals surface area contributed by atoms with E-state index in [0.717, 1.165) is 28.0 Å². The van der Waals surface area contributed by atoms with Crippen molar-refractivity contribution in [2.45, 2.75) is 12.3 Å². The monoisotopic (exact) mass is 386 g/mol. The van der Waals surface area contributed by atoms with Gasteiger partial charge in [-0.25, -0.2) is 9.98 Å². The average Bonchev–Trinajstić information content (AvgIpc) is 3.11. The minimum absolute atomic E-state index is 0.0129. The minimum atomic E-state index is -0.302. The molecule has 0 saturated carbocycles. The van der Waals surface area contributed by atoms with Crippen molar-refractivity contribution in [3.8, 4) is 11.1 Å². The van der Waals surface area contributed by atoms with Gasteiger partial charge in [0.2, 0.25) is 5.29 Å². The number of ether oxygens (including phenoxy) is 1. The van der Waals surface area contributed by atoms with Crippen molar-refractivity contribution in [1.82, 2.24) is 0 Å². The third-order valence-electron chi connectivity index (χ3n) is 5.56. The molecule has 3 aliphatic rings. The van der Waals surface area contributed by atoms with Crippen LogP contribution < -0.4 is 0 Å². The highest BCUT2D eigenvalue weighted by atomic mass is 35.5. The Balaban J connectivity index is 1.58. The standard InChI is InChI=1S/C24H19ClN2O/c1-2-15-14-17(12-13-18(15)16-8-4-3-5-9-16)22-21-19-10-6-7-11-20(19)28-23(21)27-24(25)26-22/h2-14,19-21,23H,1H2. The van der Waals surface area contributed by atoms with Crippen LogP contribution in [0.1, 0.15) is 11.1 Å². The van der Waals surface area contributed by atoms with E-state index < -0.39 is 0 Å². The summed E-state index contributed by atoms with van der Waals surface area (Å²) in [6, 6.07) is 16.7. The summed E-state index contributed by atoms with van der Waals surface area (Å²) in [5, 5.41) is 0.246. The Bertz CT molecular complexity index is 1050. The second kappa shape index (κ2) is 7.01. The van der Waals surface area contributed by atoms with Crippen LogP contribution in [0.3, 0.4) is 0 Å². The highest BCUT2D eigenvalue weighted by molar-refractivity contribution is 6.66. The number of amidine groups is 1. The molecule has 4 atom stereocenters. The fraction of sp³-hybridized carbons (Fsp3) is 0.167. The fourth-order valence-electron chi connectivity index (χ4n) is 4.26. The first-order valence-electron chi connectivity index (χ1n) is 9.39. The van der Waals surface area contributed by atoms with E-state index in [1.54, 1.807) is 0 Å². The van der Waals surface area contributed by atoms with Gasteiger partial charge in [0.05, 0.1) is 17.7 Å². The van der Waals surface area contributed by atoms with Gasteiger partial charge in [0.1, 0.15) is 0 Å². The summed E-state index contributed by atoms with van der Waals surface area (Å²) in [5.41, 5.74) is 5.34. The van der Waals surface area contributed by atoms with Gasteiger partial charge in [-0.3, -0.25) is 0 Å². The summed E-state index contributed by atoms with van der Waals surface area (Å²) in [4.78, 5) is 9.06. The molecular formula is C24H19ClN2O. The zero-order valence-electron chi connectivity index (χ0n) is 15.2. The summed E-state index contributed by atoms with van der Waals surface area (Å²) in [5.74, 6) is 0.261. The first-order valence-corrected chi connectivity index (χ1v) is 9.77. The molecule has 28 heavy (non-hydrogen) atoms. The van der Waals surface area contributed by atoms with Gasteiger partial charge in [-0.2, -0.15) is 0 Å². The lowest BCUT2D eigenvalue weighted by molar-refractivity contribution is 0.0667. The van der Waals surface area contributed by atoms with E-state index in [-0.39, 0.29) is 29.5 Å². The highest BCUT2D eigenvalue weighted by Crippen LogP contribution is 2.41. The zero-order chi connectivity index (χ0) is 19.1. The Kier molecular flexibility index (Phi) is 4.34. The van der Waals surface area contributed by atoms with Crippen molar-refractivity contribution in [1.29, 1.82) is 0 Å². The van der Waals surface area contributed by atoms with Crippen molar-refractivity contribution >= 4 is 28.7 Å². The number of hydrogen-bond donors (Lipinski definition) is 0. The van der Waals surface area contributed by atoms with Crippen molar-refractivity contribution in [3.05, 3.63) is 90.5 Å². The molecule has 0 spiro atoms. The molecule has 4 heteroatoms. The highest BCUT2D eigenvalue weighted by Gasteiger charge is 2.47. The molecule has 0 bridgehead atoms. The maximum atomic E-state index is 6.25. The first-order chi connectivity index (χ1) is 13.7. The SMILES string of the molecule is C=Cc1cc(C2=NC(Cl)=NC3OC4C=CC=CC4C23)ccc1-c1ccccc1. The first kappa shape index (κ1) is 17.4. The number of fused-ring (bicyclic) bond motifs is 3. The van der Waals surface area contributed by atoms with Crippen molar-refractivity contribution in [2.24, 2.45) is 21.8 Å². The summed E-state index contributed by atoms with van der Waals surface area (Å²) < 4.78 is 6.13. The predicted molar refractivity (Wildman–Crippen MR) is 116 cm³/mol. The molecule has 0 N–H and O–H groups in total. The van der Waals surface area contributed by atoms with E-state index in [2.05, 4.69) is 65.1 Å². The quantitative estimate of drug-likeness (QED) is 0.643. The number of benzene rings is 2. The fourth-order valence-corrected chi connectivity index (χ4v) is 4.45. The van der Waals surface area contributed by atoms with Crippen molar-refractivity contribution in [3.63, 3.8) is 0 Å². The van der Waals surface area contributed by atoms with Crippen molar-refractivity contribution in [2.75, 3.05) is 0 Å². The summed E-state index contributed by atoms with van der Waals surface area (Å²) in [7, 11) is 0. The smallest absolute Gasteiger partial charge is 0.220 e. The van der Waals surface area contributed by atoms with Gasteiger partial charge in [0.25, 0.3) is 0 Å². The van der Waals surface area contributed by atoms with Crippen molar-refractivity contribution < 1.29 is 4.74 Å². The topological polar surface area (TPSA) is 34.0 Å². The second-order valence-corrected chi connectivity index (χ2v) is 7.47. The lowest BCUT2D eigenvalue weighted by Crippen LogP contribution is -2.32. The number of halogens is 1. The minimum Gasteiger partial charge on any atom is -0.348 e. The largest absolute Gasteiger partial charge is 0.348 e. The van der Waals surface area contributed by atoms with Gasteiger partial charge in [0.15, 0.2) is 6.23 Å². The predicted octanol–water partition coefficient (Wildman–Crippen LogP) is 5.48. The van der Waals surface area contributed by atoms with Gasteiger partial charge in [-0.1, -0.05) is 79.4 Å². The summed E-state index contributed by atoms with van der Waals surface area (Å²) >= 11 is 6.25. The number of nitrogens with zero attached hydrogens (tertiary/aromatic N) is 2. The van der Waals surface area contributed by atoms with Crippen LogP contribution in [0.4, 0.5) is 0 Å². The molecule has 4 unspecified atom stereocenters. The lowest BCUT2D eigenvalue weighted by Gasteiger charge is -2.25. The Labute approximate surface area is 169 Å². The number of hydrogen-bond acceptors (Lipinski definition) is 3. The molecule has 3 nitrogen and oxygen atoms in total. The molecule has 5 rings (SSSR count). The van der Waals surface area contributed by atoms with Crippen LogP contribution in [0.25, 0.3) is 17.2 Å². The molecule has 2 heterocycles. The number of aliphatic imine (C=N–C) groups is 2. The zero-order valence-corrected chi connectivity index (χ0v) is 16.0. The molecule has 2 aromatic carbocycles. The Hall–Kier alpha value is -2.75. The van der Waals surface area contributed by atoms with Gasteiger partial charge in [-0.05, 0) is 39.9 Å². The van der Waals surface area contributed by atoms with E-state index in [9.17, 15) is 0 Å². The van der Waals surface area contributed by atoms with E-state index in [1.165, 1.54) is 0 Å². The van der Waals surface area contributed by atoms with Gasteiger partial charge in [0, 0.05) is 5.92 Å². The maximum Gasteiger partial charge on any atom is 0.220 e. The van der Waals surface area contributed by atoms with Crippen LogP contribution in [0, 0.1) is 11.8 Å². The Morgan fingerprint density at radius 1 is 1.00 bits per heavy atom. The molecule has 1 saturated heterocycles. The van der Waals surface area contributed by atoms with Gasteiger partial charge < -0.3 is 4.74 Å². The van der Waals surface area contributed by atoms with E-state index >= 15 is 0 Å². The molecule has 0 aromatic heterocycles.